The highest BCUT2D eigenvalue weighted by atomic mass is 32.1. The molecule has 0 aliphatic rings. The largest absolute Gasteiger partial charge is 0.231 e. The highest BCUT2D eigenvalue weighted by Gasteiger charge is 1.92. The maximum atomic E-state index is 4.02. The highest BCUT2D eigenvalue weighted by molar-refractivity contribution is 7.04. The van der Waals surface area contributed by atoms with Crippen molar-refractivity contribution in [2.45, 2.75) is 0 Å². The van der Waals surface area contributed by atoms with Crippen molar-refractivity contribution in [3.05, 3.63) is 17.9 Å². The van der Waals surface area contributed by atoms with Crippen LogP contribution in [0.4, 0.5) is 0 Å². The third kappa shape index (κ3) is 0.675. The minimum atomic E-state index is 0.846. The standard InChI is InChI=1S/C5H2N3S/c1-4-5(2-9-8-4)7-3-6-1/h1-2H. The van der Waals surface area contributed by atoms with Crippen molar-refractivity contribution in [1.29, 1.82) is 0 Å². The van der Waals surface area contributed by atoms with Gasteiger partial charge in [0.1, 0.15) is 11.0 Å². The van der Waals surface area contributed by atoms with E-state index in [0.717, 1.165) is 11.0 Å². The second-order valence-electron chi connectivity index (χ2n) is 1.56. The van der Waals surface area contributed by atoms with Crippen LogP contribution >= 0.6 is 11.5 Å². The maximum Gasteiger partial charge on any atom is 0.198 e. The second kappa shape index (κ2) is 1.73. The van der Waals surface area contributed by atoms with Crippen LogP contribution in [0.5, 0.6) is 0 Å². The van der Waals surface area contributed by atoms with E-state index in [2.05, 4.69) is 20.7 Å². The normalized spacial score (nSPS) is 10.2. The van der Waals surface area contributed by atoms with Gasteiger partial charge in [0, 0.05) is 5.38 Å². The number of aromatic nitrogens is 3. The average molecular weight is 136 g/mol. The van der Waals surface area contributed by atoms with Crippen molar-refractivity contribution in [2.75, 3.05) is 0 Å². The predicted molar refractivity (Wildman–Crippen MR) is 34.0 cm³/mol. The minimum Gasteiger partial charge on any atom is -0.231 e. The van der Waals surface area contributed by atoms with E-state index in [1.54, 1.807) is 6.20 Å². The molecule has 0 aromatic carbocycles. The average Bonchev–Trinajstić information content (AvgIpc) is 2.33. The van der Waals surface area contributed by atoms with E-state index < -0.39 is 0 Å². The smallest absolute Gasteiger partial charge is 0.198 e. The van der Waals surface area contributed by atoms with E-state index in [4.69, 9.17) is 0 Å². The predicted octanol–water partition coefficient (Wildman–Crippen LogP) is 0.886. The van der Waals surface area contributed by atoms with Gasteiger partial charge in [-0.2, -0.15) is 4.37 Å². The third-order valence-electron chi connectivity index (χ3n) is 0.993. The van der Waals surface area contributed by atoms with Gasteiger partial charge in [-0.05, 0) is 11.5 Å². The molecule has 0 saturated carbocycles. The maximum absolute atomic E-state index is 4.02. The first-order valence-electron chi connectivity index (χ1n) is 2.40. The molecule has 0 unspecified atom stereocenters. The molecule has 1 radical (unpaired) electrons. The summed E-state index contributed by atoms with van der Waals surface area (Å²) >= 11 is 1.38. The van der Waals surface area contributed by atoms with Crippen LogP contribution in [-0.2, 0) is 0 Å². The molecule has 0 aliphatic carbocycles. The Hall–Kier alpha value is -1.03. The van der Waals surface area contributed by atoms with Gasteiger partial charge in [0.15, 0.2) is 6.33 Å². The first-order chi connectivity index (χ1) is 4.47. The van der Waals surface area contributed by atoms with E-state index in [1.165, 1.54) is 11.5 Å². The van der Waals surface area contributed by atoms with Gasteiger partial charge in [0.05, 0.1) is 6.20 Å². The zero-order valence-corrected chi connectivity index (χ0v) is 5.22. The van der Waals surface area contributed by atoms with Gasteiger partial charge in [0.2, 0.25) is 0 Å². The molecule has 3 nitrogen and oxygen atoms in total. The first kappa shape index (κ1) is 4.81. The minimum absolute atomic E-state index is 0.846. The Kier molecular flexibility index (Phi) is 0.927. The molecule has 2 heterocycles. The Morgan fingerprint density at radius 2 is 2.44 bits per heavy atom. The molecule has 0 atom stereocenters. The highest BCUT2D eigenvalue weighted by Crippen LogP contribution is 2.08. The van der Waals surface area contributed by atoms with E-state index in [1.807, 2.05) is 5.38 Å². The molecule has 0 bridgehead atoms. The Morgan fingerprint density at radius 3 is 3.33 bits per heavy atom. The molecule has 0 spiro atoms. The summed E-state index contributed by atoms with van der Waals surface area (Å²) in [5.41, 5.74) is 1.72. The fourth-order valence-electron chi connectivity index (χ4n) is 0.586. The van der Waals surface area contributed by atoms with Crippen LogP contribution in [0.25, 0.3) is 11.0 Å². The number of hydrogen-bond acceptors (Lipinski definition) is 4. The molecule has 0 saturated heterocycles. The Bertz CT molecular complexity index is 286. The molecule has 2 aromatic heterocycles. The molecule has 0 fully saturated rings. The molecule has 0 amide bonds. The molecule has 0 aliphatic heterocycles. The number of fused-ring (bicyclic) bond motifs is 1. The van der Waals surface area contributed by atoms with E-state index >= 15 is 0 Å². The lowest BCUT2D eigenvalue weighted by Crippen LogP contribution is -1.75. The summed E-state index contributed by atoms with van der Waals surface area (Å²) in [6, 6.07) is 0. The van der Waals surface area contributed by atoms with E-state index in [-0.39, 0.29) is 0 Å². The fourth-order valence-corrected chi connectivity index (χ4v) is 1.17. The summed E-state index contributed by atoms with van der Waals surface area (Å²) in [4.78, 5) is 7.55. The van der Waals surface area contributed by atoms with Crippen molar-refractivity contribution in [1.82, 2.24) is 14.3 Å². The van der Waals surface area contributed by atoms with Crippen molar-refractivity contribution in [2.24, 2.45) is 0 Å². The molecule has 9 heavy (non-hydrogen) atoms. The summed E-state index contributed by atoms with van der Waals surface area (Å²) in [6.07, 6.45) is 4.14. The van der Waals surface area contributed by atoms with E-state index in [9.17, 15) is 0 Å². The molecule has 0 N–H and O–H groups in total. The van der Waals surface area contributed by atoms with Crippen molar-refractivity contribution < 1.29 is 0 Å². The summed E-state index contributed by atoms with van der Waals surface area (Å²) in [5, 5.41) is 1.87. The summed E-state index contributed by atoms with van der Waals surface area (Å²) in [6.45, 7) is 0. The number of hydrogen-bond donors (Lipinski definition) is 0. The zero-order chi connectivity index (χ0) is 6.10. The monoisotopic (exact) mass is 136 g/mol. The Balaban J connectivity index is 2.95. The lowest BCUT2D eigenvalue weighted by Gasteiger charge is -1.78. The van der Waals surface area contributed by atoms with Crippen LogP contribution in [0.3, 0.4) is 0 Å². The van der Waals surface area contributed by atoms with Crippen LogP contribution in [0.2, 0.25) is 0 Å². The fraction of sp³-hybridized carbons (Fsp3) is 0. The summed E-state index contributed by atoms with van der Waals surface area (Å²) in [7, 11) is 0. The van der Waals surface area contributed by atoms with Crippen LogP contribution in [-0.4, -0.2) is 14.3 Å². The molecular formula is C5H2N3S. The molecule has 43 valence electrons. The van der Waals surface area contributed by atoms with Crippen LogP contribution in [0.15, 0.2) is 11.6 Å². The lowest BCUT2D eigenvalue weighted by molar-refractivity contribution is 1.20. The van der Waals surface area contributed by atoms with Crippen LogP contribution < -0.4 is 0 Å². The second-order valence-corrected chi connectivity index (χ2v) is 2.18. The first-order valence-corrected chi connectivity index (χ1v) is 3.23. The Labute approximate surface area is 55.6 Å². The molecule has 2 aromatic rings. The van der Waals surface area contributed by atoms with Gasteiger partial charge >= 0.3 is 0 Å². The number of nitrogens with zero attached hydrogens (tertiary/aromatic N) is 3. The van der Waals surface area contributed by atoms with Crippen LogP contribution in [0, 0.1) is 6.33 Å². The number of rotatable bonds is 0. The molecule has 2 rings (SSSR count). The van der Waals surface area contributed by atoms with Crippen molar-refractivity contribution in [3.63, 3.8) is 0 Å². The summed E-state index contributed by atoms with van der Waals surface area (Å²) < 4.78 is 4.02. The zero-order valence-electron chi connectivity index (χ0n) is 4.40. The Morgan fingerprint density at radius 1 is 1.44 bits per heavy atom. The van der Waals surface area contributed by atoms with Gasteiger partial charge in [-0.15, -0.1) is 0 Å². The van der Waals surface area contributed by atoms with Gasteiger partial charge in [-0.3, -0.25) is 0 Å². The molecular weight excluding hydrogens is 134 g/mol. The van der Waals surface area contributed by atoms with E-state index in [0.29, 0.717) is 0 Å². The van der Waals surface area contributed by atoms with Crippen LogP contribution in [0.1, 0.15) is 0 Å². The topological polar surface area (TPSA) is 38.7 Å². The SMILES string of the molecule is [c]1ncc2nscc2n1. The molecule has 4 heteroatoms. The lowest BCUT2D eigenvalue weighted by atomic mass is 10.5. The van der Waals surface area contributed by atoms with Crippen molar-refractivity contribution >= 4 is 22.6 Å². The summed E-state index contributed by atoms with van der Waals surface area (Å²) in [5.74, 6) is 0. The van der Waals surface area contributed by atoms with Gasteiger partial charge in [0.25, 0.3) is 0 Å². The quantitative estimate of drug-likeness (QED) is 0.539. The van der Waals surface area contributed by atoms with Crippen molar-refractivity contribution in [3.8, 4) is 0 Å². The van der Waals surface area contributed by atoms with Gasteiger partial charge in [-0.1, -0.05) is 0 Å². The third-order valence-corrected chi connectivity index (χ3v) is 1.62. The van der Waals surface area contributed by atoms with Gasteiger partial charge in [-0.25, -0.2) is 9.97 Å². The van der Waals surface area contributed by atoms with Gasteiger partial charge < -0.3 is 0 Å².